The fraction of sp³-hybridized carbons (Fsp3) is 0.625. The lowest BCUT2D eigenvalue weighted by atomic mass is 10.1. The van der Waals surface area contributed by atoms with Gasteiger partial charge in [0.2, 0.25) is 5.91 Å². The van der Waals surface area contributed by atoms with Gasteiger partial charge < -0.3 is 21.5 Å². The van der Waals surface area contributed by atoms with Crippen LogP contribution in [0.25, 0.3) is 0 Å². The Labute approximate surface area is 87.0 Å². The molecule has 0 spiro atoms. The lowest BCUT2D eigenvalue weighted by Gasteiger charge is -2.23. The Morgan fingerprint density at radius 2 is 1.80 bits per heavy atom. The number of hydrogen-bond acceptors (Lipinski definition) is 3. The van der Waals surface area contributed by atoms with Gasteiger partial charge in [-0.05, 0) is 20.8 Å². The molecule has 0 aromatic carbocycles. The van der Waals surface area contributed by atoms with E-state index in [9.17, 15) is 14.4 Å². The van der Waals surface area contributed by atoms with Crippen LogP contribution in [0.2, 0.25) is 0 Å². The van der Waals surface area contributed by atoms with Gasteiger partial charge in [0.1, 0.15) is 11.6 Å². The first kappa shape index (κ1) is 13.2. The fourth-order valence-corrected chi connectivity index (χ4v) is 0.640. The molecule has 5 N–H and O–H groups in total. The van der Waals surface area contributed by atoms with Crippen molar-refractivity contribution in [2.45, 2.75) is 32.4 Å². The predicted octanol–water partition coefficient (Wildman–Crippen LogP) is -0.977. The summed E-state index contributed by atoms with van der Waals surface area (Å²) in [5, 5.41) is 12.9. The number of amides is 3. The van der Waals surface area contributed by atoms with Gasteiger partial charge in [-0.25, -0.2) is 4.79 Å². The SMILES string of the molecule is C[C@H](NC(=O)NC(C)(C)C(N)=O)C(=O)O. The van der Waals surface area contributed by atoms with E-state index in [2.05, 4.69) is 10.6 Å². The van der Waals surface area contributed by atoms with Crippen LogP contribution in [0.15, 0.2) is 0 Å². The van der Waals surface area contributed by atoms with Crippen LogP contribution in [-0.4, -0.2) is 34.6 Å². The minimum Gasteiger partial charge on any atom is -0.480 e. The van der Waals surface area contributed by atoms with E-state index in [1.807, 2.05) is 0 Å². The number of nitrogens with one attached hydrogen (secondary N) is 2. The first-order valence-corrected chi connectivity index (χ1v) is 4.28. The lowest BCUT2D eigenvalue weighted by Crippen LogP contribution is -2.57. The summed E-state index contributed by atoms with van der Waals surface area (Å²) in [6, 6.07) is -1.79. The minimum atomic E-state index is -1.22. The van der Waals surface area contributed by atoms with Crippen LogP contribution in [0.1, 0.15) is 20.8 Å². The zero-order valence-corrected chi connectivity index (χ0v) is 8.83. The van der Waals surface area contributed by atoms with E-state index in [0.29, 0.717) is 0 Å². The second-order valence-corrected chi connectivity index (χ2v) is 3.65. The van der Waals surface area contributed by atoms with Gasteiger partial charge in [0, 0.05) is 0 Å². The summed E-state index contributed by atoms with van der Waals surface area (Å²) in [6.07, 6.45) is 0. The molecule has 7 nitrogen and oxygen atoms in total. The summed E-state index contributed by atoms with van der Waals surface area (Å²) in [6.45, 7) is 4.14. The van der Waals surface area contributed by atoms with Crippen molar-refractivity contribution in [2.75, 3.05) is 0 Å². The van der Waals surface area contributed by atoms with Crippen LogP contribution in [0, 0.1) is 0 Å². The van der Waals surface area contributed by atoms with E-state index in [-0.39, 0.29) is 0 Å². The molecule has 0 unspecified atom stereocenters. The van der Waals surface area contributed by atoms with Crippen molar-refractivity contribution in [3.8, 4) is 0 Å². The van der Waals surface area contributed by atoms with Crippen LogP contribution in [0.4, 0.5) is 4.79 Å². The molecule has 86 valence electrons. The number of carboxylic acids is 1. The molecule has 3 amide bonds. The monoisotopic (exact) mass is 217 g/mol. The maximum Gasteiger partial charge on any atom is 0.325 e. The Morgan fingerprint density at radius 3 is 2.13 bits per heavy atom. The molecule has 0 rings (SSSR count). The van der Waals surface area contributed by atoms with Gasteiger partial charge in [0.15, 0.2) is 0 Å². The summed E-state index contributed by atoms with van der Waals surface area (Å²) in [5.74, 6) is -1.87. The number of aliphatic carboxylic acids is 1. The molecule has 0 aromatic heterocycles. The molecule has 0 bridgehead atoms. The maximum absolute atomic E-state index is 11.2. The standard InChI is InChI=1S/C8H15N3O4/c1-4(5(12)13)10-7(15)11-8(2,3)6(9)14/h4H,1-3H3,(H2,9,14)(H,12,13)(H2,10,11,15)/t4-/m0/s1. The molecule has 0 aliphatic heterocycles. The van der Waals surface area contributed by atoms with Crippen molar-refractivity contribution in [1.82, 2.24) is 10.6 Å². The third-order valence-electron chi connectivity index (χ3n) is 1.76. The molecule has 0 heterocycles. The zero-order chi connectivity index (χ0) is 12.2. The van der Waals surface area contributed by atoms with Gasteiger partial charge in [-0.1, -0.05) is 0 Å². The van der Waals surface area contributed by atoms with Gasteiger partial charge in [-0.3, -0.25) is 9.59 Å². The average Bonchev–Trinajstić information content (AvgIpc) is 2.01. The van der Waals surface area contributed by atoms with E-state index >= 15 is 0 Å². The van der Waals surface area contributed by atoms with Gasteiger partial charge in [-0.2, -0.15) is 0 Å². The van der Waals surface area contributed by atoms with E-state index in [4.69, 9.17) is 10.8 Å². The van der Waals surface area contributed by atoms with Crippen LogP contribution in [0.3, 0.4) is 0 Å². The third-order valence-corrected chi connectivity index (χ3v) is 1.76. The number of nitrogens with two attached hydrogens (primary N) is 1. The molecular weight excluding hydrogens is 202 g/mol. The number of carbonyl (C=O) groups excluding carboxylic acids is 2. The highest BCUT2D eigenvalue weighted by Gasteiger charge is 2.27. The van der Waals surface area contributed by atoms with Crippen molar-refractivity contribution >= 4 is 17.9 Å². The fourth-order valence-electron chi connectivity index (χ4n) is 0.640. The molecule has 0 saturated carbocycles. The molecule has 0 aliphatic carbocycles. The van der Waals surface area contributed by atoms with Gasteiger partial charge in [0.25, 0.3) is 0 Å². The van der Waals surface area contributed by atoms with Crippen molar-refractivity contribution in [2.24, 2.45) is 5.73 Å². The number of carboxylic acid groups (broad SMARTS) is 1. The summed E-state index contributed by atoms with van der Waals surface area (Å²) in [4.78, 5) is 32.4. The zero-order valence-electron chi connectivity index (χ0n) is 8.83. The third kappa shape index (κ3) is 4.30. The first-order chi connectivity index (χ1) is 6.66. The average molecular weight is 217 g/mol. The number of urea groups is 1. The van der Waals surface area contributed by atoms with Crippen molar-refractivity contribution < 1.29 is 19.5 Å². The molecule has 7 heteroatoms. The highest BCUT2D eigenvalue weighted by Crippen LogP contribution is 1.99. The molecule has 15 heavy (non-hydrogen) atoms. The van der Waals surface area contributed by atoms with Crippen molar-refractivity contribution in [3.63, 3.8) is 0 Å². The molecule has 0 fully saturated rings. The molecule has 0 aromatic rings. The number of rotatable bonds is 4. The first-order valence-electron chi connectivity index (χ1n) is 4.28. The Kier molecular flexibility index (Phi) is 4.07. The second kappa shape index (κ2) is 4.63. The highest BCUT2D eigenvalue weighted by atomic mass is 16.4. The van der Waals surface area contributed by atoms with Crippen LogP contribution >= 0.6 is 0 Å². The Morgan fingerprint density at radius 1 is 1.33 bits per heavy atom. The molecule has 0 saturated heterocycles. The lowest BCUT2D eigenvalue weighted by molar-refractivity contribution is -0.138. The Bertz CT molecular complexity index is 288. The smallest absolute Gasteiger partial charge is 0.325 e. The molecular formula is C8H15N3O4. The largest absolute Gasteiger partial charge is 0.480 e. The number of primary amides is 1. The van der Waals surface area contributed by atoms with Crippen LogP contribution in [0.5, 0.6) is 0 Å². The van der Waals surface area contributed by atoms with Gasteiger partial charge in [-0.15, -0.1) is 0 Å². The Hall–Kier alpha value is -1.79. The molecule has 1 atom stereocenters. The summed E-state index contributed by atoms with van der Waals surface area (Å²) in [5.41, 5.74) is 3.79. The molecule has 0 aliphatic rings. The molecule has 0 radical (unpaired) electrons. The summed E-state index contributed by atoms with van der Waals surface area (Å²) < 4.78 is 0. The minimum absolute atomic E-state index is 0.708. The normalized spacial score (nSPS) is 12.7. The van der Waals surface area contributed by atoms with E-state index in [0.717, 1.165) is 0 Å². The highest BCUT2D eigenvalue weighted by molar-refractivity contribution is 5.90. The van der Waals surface area contributed by atoms with Crippen LogP contribution < -0.4 is 16.4 Å². The van der Waals surface area contributed by atoms with Crippen molar-refractivity contribution in [3.05, 3.63) is 0 Å². The quantitative estimate of drug-likeness (QED) is 0.483. The van der Waals surface area contributed by atoms with Gasteiger partial charge in [0.05, 0.1) is 0 Å². The van der Waals surface area contributed by atoms with E-state index in [1.54, 1.807) is 0 Å². The van der Waals surface area contributed by atoms with Gasteiger partial charge >= 0.3 is 12.0 Å². The predicted molar refractivity (Wildman–Crippen MR) is 52.0 cm³/mol. The van der Waals surface area contributed by atoms with E-state index in [1.165, 1.54) is 20.8 Å². The summed E-state index contributed by atoms with van der Waals surface area (Å²) >= 11 is 0. The van der Waals surface area contributed by atoms with Crippen molar-refractivity contribution in [1.29, 1.82) is 0 Å². The van der Waals surface area contributed by atoms with E-state index < -0.39 is 29.5 Å². The second-order valence-electron chi connectivity index (χ2n) is 3.65. The number of hydrogen-bond donors (Lipinski definition) is 4. The Balaban J connectivity index is 4.27. The maximum atomic E-state index is 11.2. The summed E-state index contributed by atoms with van der Waals surface area (Å²) in [7, 11) is 0. The topological polar surface area (TPSA) is 122 Å². The van der Waals surface area contributed by atoms with Crippen LogP contribution in [-0.2, 0) is 9.59 Å². The number of carbonyl (C=O) groups is 3.